The lowest BCUT2D eigenvalue weighted by atomic mass is 10.1. The summed E-state index contributed by atoms with van der Waals surface area (Å²) in [5.74, 6) is 0.483. The molecule has 2 aromatic rings. The molecule has 2 aliphatic heterocycles. The van der Waals surface area contributed by atoms with Crippen LogP contribution >= 0.6 is 11.6 Å². The molecule has 6 nitrogen and oxygen atoms in total. The van der Waals surface area contributed by atoms with E-state index in [1.54, 1.807) is 23.1 Å². The van der Waals surface area contributed by atoms with E-state index < -0.39 is 10.0 Å². The highest BCUT2D eigenvalue weighted by Crippen LogP contribution is 2.38. The van der Waals surface area contributed by atoms with Crippen LogP contribution in [0.2, 0.25) is 5.02 Å². The Morgan fingerprint density at radius 1 is 1.24 bits per heavy atom. The zero-order valence-corrected chi connectivity index (χ0v) is 17.7. The van der Waals surface area contributed by atoms with E-state index in [2.05, 4.69) is 4.72 Å². The molecule has 29 heavy (non-hydrogen) atoms. The summed E-state index contributed by atoms with van der Waals surface area (Å²) in [5, 5.41) is 0.303. The number of carbonyl (C=O) groups excluding carboxylic acids is 1. The molecule has 2 atom stereocenters. The number of likely N-dealkylation sites (tertiary alicyclic amines) is 1. The van der Waals surface area contributed by atoms with Crippen molar-refractivity contribution in [2.45, 2.75) is 43.2 Å². The van der Waals surface area contributed by atoms with Gasteiger partial charge in [0, 0.05) is 36.7 Å². The van der Waals surface area contributed by atoms with Gasteiger partial charge in [-0.2, -0.15) is 0 Å². The molecule has 1 amide bonds. The Morgan fingerprint density at radius 3 is 2.76 bits per heavy atom. The standard InChI is InChI=1S/C21H23ClN2O4S/c1-14-10-16-11-18(12-19(22)20(16)28-14)29(26,27)23-17-8-5-9-24(13-17)21(25)15-6-3-2-4-7-15/h2-4,6-7,11-12,14,17,23H,5,8-10,13H2,1H3. The first kappa shape index (κ1) is 20.2. The van der Waals surface area contributed by atoms with E-state index in [1.807, 2.05) is 25.1 Å². The van der Waals surface area contributed by atoms with E-state index in [-0.39, 0.29) is 22.9 Å². The van der Waals surface area contributed by atoms with Gasteiger partial charge in [0.1, 0.15) is 11.9 Å². The van der Waals surface area contributed by atoms with Gasteiger partial charge in [0.25, 0.3) is 5.91 Å². The van der Waals surface area contributed by atoms with Gasteiger partial charge in [-0.15, -0.1) is 0 Å². The number of benzene rings is 2. The molecule has 2 unspecified atom stereocenters. The van der Waals surface area contributed by atoms with Crippen molar-refractivity contribution in [2.24, 2.45) is 0 Å². The van der Waals surface area contributed by atoms with Gasteiger partial charge in [0.05, 0.1) is 9.92 Å². The number of fused-ring (bicyclic) bond motifs is 1. The Hall–Kier alpha value is -2.09. The molecular formula is C21H23ClN2O4S. The lowest BCUT2D eigenvalue weighted by Gasteiger charge is -2.33. The molecule has 2 heterocycles. The normalized spacial score (nSPS) is 21.5. The second-order valence-corrected chi connectivity index (χ2v) is 9.72. The van der Waals surface area contributed by atoms with E-state index in [0.717, 1.165) is 12.0 Å². The molecule has 0 aromatic heterocycles. The van der Waals surface area contributed by atoms with Crippen LogP contribution in [0.5, 0.6) is 5.75 Å². The SMILES string of the molecule is CC1Cc2cc(S(=O)(=O)NC3CCCN(C(=O)c4ccccc4)C3)cc(Cl)c2O1. The lowest BCUT2D eigenvalue weighted by molar-refractivity contribution is 0.0703. The molecule has 1 N–H and O–H groups in total. The number of nitrogens with one attached hydrogen (secondary N) is 1. The van der Waals surface area contributed by atoms with Gasteiger partial charge in [0.15, 0.2) is 0 Å². The van der Waals surface area contributed by atoms with Gasteiger partial charge < -0.3 is 9.64 Å². The summed E-state index contributed by atoms with van der Waals surface area (Å²) >= 11 is 6.25. The maximum atomic E-state index is 13.0. The quantitative estimate of drug-likeness (QED) is 0.801. The highest BCUT2D eigenvalue weighted by Gasteiger charge is 2.30. The summed E-state index contributed by atoms with van der Waals surface area (Å²) in [5.41, 5.74) is 1.41. The molecule has 1 saturated heterocycles. The van der Waals surface area contributed by atoms with Gasteiger partial charge in [0.2, 0.25) is 10.0 Å². The topological polar surface area (TPSA) is 75.7 Å². The summed E-state index contributed by atoms with van der Waals surface area (Å²) < 4.78 is 34.3. The van der Waals surface area contributed by atoms with E-state index in [4.69, 9.17) is 16.3 Å². The fourth-order valence-electron chi connectivity index (χ4n) is 3.92. The third kappa shape index (κ3) is 4.27. The Bertz CT molecular complexity index is 1030. The first-order valence-corrected chi connectivity index (χ1v) is 11.6. The predicted molar refractivity (Wildman–Crippen MR) is 111 cm³/mol. The number of rotatable bonds is 4. The molecule has 0 radical (unpaired) electrons. The minimum atomic E-state index is -3.76. The van der Waals surface area contributed by atoms with Crippen LogP contribution in [-0.2, 0) is 16.4 Å². The number of hydrogen-bond donors (Lipinski definition) is 1. The summed E-state index contributed by atoms with van der Waals surface area (Å²) in [6, 6.07) is 11.7. The molecule has 2 aromatic carbocycles. The van der Waals surface area contributed by atoms with Crippen LogP contribution in [-0.4, -0.2) is 44.5 Å². The smallest absolute Gasteiger partial charge is 0.253 e. The Kier molecular flexibility index (Phi) is 5.55. The monoisotopic (exact) mass is 434 g/mol. The predicted octanol–water partition coefficient (Wildman–Crippen LogP) is 3.25. The fourth-order valence-corrected chi connectivity index (χ4v) is 5.61. The fraction of sp³-hybridized carbons (Fsp3) is 0.381. The van der Waals surface area contributed by atoms with Crippen molar-refractivity contribution in [3.05, 3.63) is 58.6 Å². The molecule has 4 rings (SSSR count). The second kappa shape index (κ2) is 7.97. The number of carbonyl (C=O) groups is 1. The lowest BCUT2D eigenvalue weighted by Crippen LogP contribution is -2.49. The van der Waals surface area contributed by atoms with E-state index in [1.165, 1.54) is 6.07 Å². The number of nitrogens with zero attached hydrogens (tertiary/aromatic N) is 1. The first-order chi connectivity index (χ1) is 13.8. The van der Waals surface area contributed by atoms with Crippen molar-refractivity contribution >= 4 is 27.5 Å². The maximum absolute atomic E-state index is 13.0. The molecule has 8 heteroatoms. The molecule has 2 aliphatic rings. The molecule has 0 spiro atoms. The maximum Gasteiger partial charge on any atom is 0.253 e. The van der Waals surface area contributed by atoms with Crippen molar-refractivity contribution < 1.29 is 17.9 Å². The average molecular weight is 435 g/mol. The Labute approximate surface area is 175 Å². The number of ether oxygens (including phenoxy) is 1. The van der Waals surface area contributed by atoms with Crippen LogP contribution in [0.25, 0.3) is 0 Å². The zero-order valence-electron chi connectivity index (χ0n) is 16.1. The van der Waals surface area contributed by atoms with E-state index in [0.29, 0.717) is 42.3 Å². The summed E-state index contributed by atoms with van der Waals surface area (Å²) in [7, 11) is -3.76. The molecule has 1 fully saturated rings. The van der Waals surface area contributed by atoms with Crippen molar-refractivity contribution in [1.29, 1.82) is 0 Å². The molecule has 154 valence electrons. The number of sulfonamides is 1. The highest BCUT2D eigenvalue weighted by molar-refractivity contribution is 7.89. The number of piperidine rings is 1. The molecule has 0 aliphatic carbocycles. The average Bonchev–Trinajstić information content (AvgIpc) is 3.09. The van der Waals surface area contributed by atoms with Gasteiger partial charge in [-0.25, -0.2) is 13.1 Å². The van der Waals surface area contributed by atoms with Crippen LogP contribution in [0.3, 0.4) is 0 Å². The van der Waals surface area contributed by atoms with E-state index >= 15 is 0 Å². The van der Waals surface area contributed by atoms with E-state index in [9.17, 15) is 13.2 Å². The third-order valence-corrected chi connectivity index (χ3v) is 7.06. The van der Waals surface area contributed by atoms with Crippen LogP contribution in [0.4, 0.5) is 0 Å². The van der Waals surface area contributed by atoms with Gasteiger partial charge in [-0.05, 0) is 44.0 Å². The van der Waals surface area contributed by atoms with Crippen molar-refractivity contribution in [2.75, 3.05) is 13.1 Å². The molecule has 0 bridgehead atoms. The van der Waals surface area contributed by atoms with Gasteiger partial charge in [-0.3, -0.25) is 4.79 Å². The Morgan fingerprint density at radius 2 is 2.00 bits per heavy atom. The summed E-state index contributed by atoms with van der Waals surface area (Å²) in [6.45, 7) is 2.88. The molecule has 0 saturated carbocycles. The Balaban J connectivity index is 1.49. The number of hydrogen-bond acceptors (Lipinski definition) is 4. The second-order valence-electron chi connectivity index (χ2n) is 7.60. The molecular weight excluding hydrogens is 412 g/mol. The van der Waals surface area contributed by atoms with Crippen LogP contribution in [0, 0.1) is 0 Å². The summed E-state index contributed by atoms with van der Waals surface area (Å²) in [6.07, 6.45) is 2.02. The van der Waals surface area contributed by atoms with Crippen LogP contribution < -0.4 is 9.46 Å². The van der Waals surface area contributed by atoms with Crippen molar-refractivity contribution in [3.8, 4) is 5.75 Å². The highest BCUT2D eigenvalue weighted by atomic mass is 35.5. The van der Waals surface area contributed by atoms with Gasteiger partial charge >= 0.3 is 0 Å². The minimum absolute atomic E-state index is 0.0238. The van der Waals surface area contributed by atoms with Gasteiger partial charge in [-0.1, -0.05) is 29.8 Å². The number of amides is 1. The van der Waals surface area contributed by atoms with Crippen LogP contribution in [0.1, 0.15) is 35.7 Å². The van der Waals surface area contributed by atoms with Crippen LogP contribution in [0.15, 0.2) is 47.4 Å². The van der Waals surface area contributed by atoms with Crippen molar-refractivity contribution in [1.82, 2.24) is 9.62 Å². The minimum Gasteiger partial charge on any atom is -0.489 e. The largest absolute Gasteiger partial charge is 0.489 e. The van der Waals surface area contributed by atoms with Crippen molar-refractivity contribution in [3.63, 3.8) is 0 Å². The number of halogens is 1. The first-order valence-electron chi connectivity index (χ1n) is 9.69. The summed E-state index contributed by atoms with van der Waals surface area (Å²) in [4.78, 5) is 14.5. The third-order valence-electron chi connectivity index (χ3n) is 5.28. The zero-order chi connectivity index (χ0) is 20.6.